The SMILES string of the molecule is O=c1cc(-c2cc(Cl)ccc2-n2cnnn2)cc2n1[C@H](c1nc(Cl)c(-c3ccc(CO)cc3)[nH]1)CC2. The van der Waals surface area contributed by atoms with Crippen LogP contribution >= 0.6 is 23.2 Å². The molecule has 0 saturated carbocycles. The van der Waals surface area contributed by atoms with Gasteiger partial charge in [-0.05, 0) is 58.7 Å². The van der Waals surface area contributed by atoms with Gasteiger partial charge < -0.3 is 14.7 Å². The van der Waals surface area contributed by atoms with Crippen molar-refractivity contribution >= 4 is 23.2 Å². The van der Waals surface area contributed by atoms with Crippen LogP contribution in [0.5, 0.6) is 0 Å². The van der Waals surface area contributed by atoms with Gasteiger partial charge in [0, 0.05) is 27.9 Å². The Hall–Kier alpha value is -3.79. The Bertz CT molecular complexity index is 1630. The molecule has 4 heterocycles. The zero-order valence-electron chi connectivity index (χ0n) is 18.8. The number of halogens is 2. The maximum atomic E-state index is 13.4. The third-order valence-corrected chi connectivity index (χ3v) is 6.93. The van der Waals surface area contributed by atoms with Gasteiger partial charge >= 0.3 is 0 Å². The van der Waals surface area contributed by atoms with E-state index in [4.69, 9.17) is 23.2 Å². The molecule has 5 aromatic rings. The topological polar surface area (TPSA) is 115 Å². The van der Waals surface area contributed by atoms with E-state index in [-0.39, 0.29) is 18.2 Å². The van der Waals surface area contributed by atoms with Crippen LogP contribution in [0.2, 0.25) is 10.2 Å². The number of nitrogens with zero attached hydrogens (tertiary/aromatic N) is 6. The number of pyridine rings is 1. The fourth-order valence-corrected chi connectivity index (χ4v) is 5.14. The Morgan fingerprint density at radius 3 is 2.64 bits per heavy atom. The smallest absolute Gasteiger partial charge is 0.252 e. The van der Waals surface area contributed by atoms with Crippen LogP contribution in [0.15, 0.2) is 65.7 Å². The van der Waals surface area contributed by atoms with Gasteiger partial charge in [0.05, 0.1) is 24.0 Å². The number of tetrazole rings is 1. The summed E-state index contributed by atoms with van der Waals surface area (Å²) in [6, 6.07) is 16.1. The molecule has 6 rings (SSSR count). The van der Waals surface area contributed by atoms with Crippen molar-refractivity contribution in [1.82, 2.24) is 34.7 Å². The molecule has 0 saturated heterocycles. The number of H-pyrrole nitrogens is 1. The van der Waals surface area contributed by atoms with Gasteiger partial charge in [-0.1, -0.05) is 47.5 Å². The van der Waals surface area contributed by atoms with E-state index in [1.165, 1.54) is 6.33 Å². The van der Waals surface area contributed by atoms with Gasteiger partial charge in [0.15, 0.2) is 5.15 Å². The van der Waals surface area contributed by atoms with Crippen molar-refractivity contribution in [2.45, 2.75) is 25.5 Å². The minimum Gasteiger partial charge on any atom is -0.392 e. The molecule has 0 amide bonds. The molecule has 0 aliphatic carbocycles. The van der Waals surface area contributed by atoms with E-state index in [9.17, 15) is 9.90 Å². The number of fused-ring (bicyclic) bond motifs is 1. The first-order valence-electron chi connectivity index (χ1n) is 11.3. The second kappa shape index (κ2) is 9.02. The summed E-state index contributed by atoms with van der Waals surface area (Å²) in [5.41, 5.74) is 5.31. The first kappa shape index (κ1) is 22.7. The number of rotatable bonds is 5. The van der Waals surface area contributed by atoms with E-state index in [0.29, 0.717) is 34.5 Å². The number of aromatic amines is 1. The van der Waals surface area contributed by atoms with Crippen LogP contribution in [0.1, 0.15) is 29.5 Å². The summed E-state index contributed by atoms with van der Waals surface area (Å²) in [4.78, 5) is 21.3. The molecule has 0 unspecified atom stereocenters. The Balaban J connectivity index is 1.39. The van der Waals surface area contributed by atoms with Crippen LogP contribution in [0.3, 0.4) is 0 Å². The highest BCUT2D eigenvalue weighted by atomic mass is 35.5. The summed E-state index contributed by atoms with van der Waals surface area (Å²) >= 11 is 12.8. The number of aliphatic hydroxyl groups is 1. The summed E-state index contributed by atoms with van der Waals surface area (Å²) < 4.78 is 3.30. The Kier molecular flexibility index (Phi) is 5.67. The average molecular weight is 520 g/mol. The summed E-state index contributed by atoms with van der Waals surface area (Å²) in [5.74, 6) is 0.631. The number of hydrogen-bond acceptors (Lipinski definition) is 6. The normalized spacial score (nSPS) is 14.8. The zero-order valence-corrected chi connectivity index (χ0v) is 20.3. The Morgan fingerprint density at radius 1 is 1.06 bits per heavy atom. The fraction of sp³-hybridized carbons (Fsp3) is 0.160. The van der Waals surface area contributed by atoms with Crippen molar-refractivity contribution in [2.75, 3.05) is 0 Å². The van der Waals surface area contributed by atoms with E-state index < -0.39 is 0 Å². The van der Waals surface area contributed by atoms with Crippen LogP contribution in [-0.4, -0.2) is 39.8 Å². The van der Waals surface area contributed by atoms with Gasteiger partial charge in [-0.2, -0.15) is 4.68 Å². The zero-order chi connectivity index (χ0) is 24.8. The Labute approximate surface area is 215 Å². The number of imidazole rings is 1. The molecular weight excluding hydrogens is 501 g/mol. The largest absolute Gasteiger partial charge is 0.392 e. The third kappa shape index (κ3) is 3.91. The molecule has 1 aliphatic rings. The molecule has 180 valence electrons. The molecule has 2 aromatic carbocycles. The number of hydrogen-bond donors (Lipinski definition) is 2. The molecular formula is C25H19Cl2N7O2. The highest BCUT2D eigenvalue weighted by Gasteiger charge is 2.29. The fourth-order valence-electron chi connectivity index (χ4n) is 4.72. The maximum Gasteiger partial charge on any atom is 0.252 e. The molecule has 0 fully saturated rings. The maximum absolute atomic E-state index is 13.4. The number of aryl methyl sites for hydroxylation is 1. The second-order valence-corrected chi connectivity index (χ2v) is 9.35. The van der Waals surface area contributed by atoms with Gasteiger partial charge in [-0.3, -0.25) is 4.79 Å². The number of aromatic nitrogens is 7. The number of aliphatic hydroxyl groups excluding tert-OH is 1. The first-order valence-corrected chi connectivity index (χ1v) is 12.0. The van der Waals surface area contributed by atoms with E-state index in [1.807, 2.05) is 36.4 Å². The average Bonchev–Trinajstić information content (AvgIpc) is 3.64. The lowest BCUT2D eigenvalue weighted by Crippen LogP contribution is -2.24. The summed E-state index contributed by atoms with van der Waals surface area (Å²) in [6.07, 6.45) is 2.91. The molecule has 2 N–H and O–H groups in total. The van der Waals surface area contributed by atoms with Crippen molar-refractivity contribution < 1.29 is 5.11 Å². The molecule has 0 spiro atoms. The van der Waals surface area contributed by atoms with E-state index >= 15 is 0 Å². The highest BCUT2D eigenvalue weighted by Crippen LogP contribution is 2.36. The molecule has 9 nitrogen and oxygen atoms in total. The van der Waals surface area contributed by atoms with E-state index in [0.717, 1.165) is 33.6 Å². The lowest BCUT2D eigenvalue weighted by molar-refractivity contribution is 0.282. The molecule has 3 aromatic heterocycles. The van der Waals surface area contributed by atoms with E-state index in [2.05, 4.69) is 25.5 Å². The first-order chi connectivity index (χ1) is 17.5. The summed E-state index contributed by atoms with van der Waals surface area (Å²) in [6.45, 7) is -0.0294. The van der Waals surface area contributed by atoms with Crippen LogP contribution in [0.4, 0.5) is 0 Å². The van der Waals surface area contributed by atoms with Crippen molar-refractivity contribution in [3.63, 3.8) is 0 Å². The lowest BCUT2D eigenvalue weighted by atomic mass is 10.0. The molecule has 36 heavy (non-hydrogen) atoms. The third-order valence-electron chi connectivity index (χ3n) is 6.42. The summed E-state index contributed by atoms with van der Waals surface area (Å²) in [5, 5.41) is 21.6. The Morgan fingerprint density at radius 2 is 1.89 bits per heavy atom. The van der Waals surface area contributed by atoms with Crippen LogP contribution in [-0.2, 0) is 13.0 Å². The number of nitrogens with one attached hydrogen (secondary N) is 1. The summed E-state index contributed by atoms with van der Waals surface area (Å²) in [7, 11) is 0. The van der Waals surface area contributed by atoms with Gasteiger partial charge in [-0.15, -0.1) is 5.10 Å². The molecule has 11 heteroatoms. The van der Waals surface area contributed by atoms with Crippen molar-refractivity contribution in [1.29, 1.82) is 0 Å². The minimum absolute atomic E-state index is 0.0294. The lowest BCUT2D eigenvalue weighted by Gasteiger charge is -2.15. The van der Waals surface area contributed by atoms with Gasteiger partial charge in [-0.25, -0.2) is 4.98 Å². The monoisotopic (exact) mass is 519 g/mol. The molecule has 0 bridgehead atoms. The van der Waals surface area contributed by atoms with Gasteiger partial charge in [0.2, 0.25) is 0 Å². The number of benzene rings is 2. The standard InChI is InChI=1S/C25H19Cl2N7O2/c26-17-5-7-20(33-13-28-31-32-33)19(11-17)16-9-18-6-8-21(34(18)22(36)10-16)25-29-23(24(27)30-25)15-3-1-14(12-35)2-4-15/h1-5,7,9-11,13,21,35H,6,8,12H2,(H,29,30)/t21-/m0/s1. The van der Waals surface area contributed by atoms with E-state index in [1.54, 1.807) is 27.4 Å². The minimum atomic E-state index is -0.261. The predicted molar refractivity (Wildman–Crippen MR) is 135 cm³/mol. The molecule has 1 atom stereocenters. The van der Waals surface area contributed by atoms with Crippen LogP contribution in [0.25, 0.3) is 28.1 Å². The van der Waals surface area contributed by atoms with Crippen LogP contribution in [0, 0.1) is 0 Å². The molecule has 1 aliphatic heterocycles. The van der Waals surface area contributed by atoms with Crippen molar-refractivity contribution in [3.8, 4) is 28.1 Å². The molecule has 0 radical (unpaired) electrons. The van der Waals surface area contributed by atoms with Crippen molar-refractivity contribution in [3.05, 3.63) is 98.5 Å². The second-order valence-electron chi connectivity index (χ2n) is 8.56. The van der Waals surface area contributed by atoms with Gasteiger partial charge in [0.25, 0.3) is 5.56 Å². The van der Waals surface area contributed by atoms with Gasteiger partial charge in [0.1, 0.15) is 12.2 Å². The quantitative estimate of drug-likeness (QED) is 0.359. The van der Waals surface area contributed by atoms with Crippen molar-refractivity contribution in [2.24, 2.45) is 0 Å². The highest BCUT2D eigenvalue weighted by molar-refractivity contribution is 6.32. The van der Waals surface area contributed by atoms with Crippen LogP contribution < -0.4 is 5.56 Å². The predicted octanol–water partition coefficient (Wildman–Crippen LogP) is 4.22.